The van der Waals surface area contributed by atoms with Crippen LogP contribution in [-0.4, -0.2) is 15.7 Å². The molecule has 100 valence electrons. The maximum absolute atomic E-state index is 13.0. The fraction of sp³-hybridized carbons (Fsp3) is 0.231. The van der Waals surface area contributed by atoms with Gasteiger partial charge in [-0.2, -0.15) is 5.10 Å². The summed E-state index contributed by atoms with van der Waals surface area (Å²) in [5.74, 6) is -0.574. The molecule has 1 aromatic carbocycles. The Hall–Kier alpha value is -1.44. The van der Waals surface area contributed by atoms with E-state index >= 15 is 0 Å². The minimum Gasteiger partial charge on any atom is -0.320 e. The van der Waals surface area contributed by atoms with E-state index in [1.54, 1.807) is 23.9 Å². The summed E-state index contributed by atoms with van der Waals surface area (Å²) >= 11 is 1.98. The molecule has 1 N–H and O–H groups in total. The fourth-order valence-electron chi connectivity index (χ4n) is 1.69. The Labute approximate surface area is 124 Å². The van der Waals surface area contributed by atoms with Gasteiger partial charge in [0.2, 0.25) is 0 Å². The van der Waals surface area contributed by atoms with E-state index in [1.165, 1.54) is 12.1 Å². The van der Waals surface area contributed by atoms with Crippen LogP contribution in [0.2, 0.25) is 0 Å². The number of benzene rings is 1. The van der Waals surface area contributed by atoms with Crippen LogP contribution in [0.15, 0.2) is 24.3 Å². The van der Waals surface area contributed by atoms with Gasteiger partial charge in [0.15, 0.2) is 0 Å². The third-order valence-corrected chi connectivity index (χ3v) is 3.60. The highest BCUT2D eigenvalue weighted by Gasteiger charge is 2.14. The van der Waals surface area contributed by atoms with Crippen molar-refractivity contribution < 1.29 is 9.18 Å². The largest absolute Gasteiger partial charge is 0.320 e. The second-order valence-electron chi connectivity index (χ2n) is 4.08. The van der Waals surface area contributed by atoms with Crippen LogP contribution in [0, 0.1) is 9.39 Å². The number of hydrogen-bond donors (Lipinski definition) is 1. The van der Waals surface area contributed by atoms with Gasteiger partial charge in [-0.15, -0.1) is 0 Å². The van der Waals surface area contributed by atoms with Crippen molar-refractivity contribution in [2.75, 3.05) is 5.32 Å². The van der Waals surface area contributed by atoms with Crippen LogP contribution >= 0.6 is 22.6 Å². The standard InChI is InChI=1S/C13H13FIN3O/c1-3-9-7-12(18(2)17-9)13(19)16-11-5-4-8(14)6-10(11)15/h4-7H,3H2,1-2H3,(H,16,19). The first-order valence-corrected chi connectivity index (χ1v) is 6.88. The number of aromatic nitrogens is 2. The summed E-state index contributed by atoms with van der Waals surface area (Å²) in [6.45, 7) is 1.98. The SMILES string of the molecule is CCc1cc(C(=O)Nc2ccc(F)cc2I)n(C)n1. The molecule has 0 aliphatic heterocycles. The zero-order chi connectivity index (χ0) is 14.0. The lowest BCUT2D eigenvalue weighted by molar-refractivity contribution is 0.101. The molecule has 0 aliphatic rings. The minimum atomic E-state index is -0.323. The molecule has 0 saturated carbocycles. The van der Waals surface area contributed by atoms with Crippen molar-refractivity contribution in [1.82, 2.24) is 9.78 Å². The second kappa shape index (κ2) is 5.68. The summed E-state index contributed by atoms with van der Waals surface area (Å²) in [6.07, 6.45) is 0.773. The lowest BCUT2D eigenvalue weighted by Crippen LogP contribution is -2.16. The van der Waals surface area contributed by atoms with Gasteiger partial charge < -0.3 is 5.32 Å². The molecule has 0 bridgehead atoms. The summed E-state index contributed by atoms with van der Waals surface area (Å²) in [6, 6.07) is 5.99. The second-order valence-corrected chi connectivity index (χ2v) is 5.24. The summed E-state index contributed by atoms with van der Waals surface area (Å²) in [5.41, 5.74) is 1.93. The fourth-order valence-corrected chi connectivity index (χ4v) is 2.30. The molecule has 6 heteroatoms. The van der Waals surface area contributed by atoms with Crippen molar-refractivity contribution in [2.24, 2.45) is 7.05 Å². The van der Waals surface area contributed by atoms with Gasteiger partial charge in [0.25, 0.3) is 5.91 Å². The summed E-state index contributed by atoms with van der Waals surface area (Å²) in [5, 5.41) is 6.98. The van der Waals surface area contributed by atoms with Crippen LogP contribution in [0.3, 0.4) is 0 Å². The molecule has 0 fully saturated rings. The molecule has 0 saturated heterocycles. The first-order chi connectivity index (χ1) is 9.01. The molecule has 0 spiro atoms. The highest BCUT2D eigenvalue weighted by Crippen LogP contribution is 2.20. The van der Waals surface area contributed by atoms with E-state index in [1.807, 2.05) is 29.5 Å². The molecule has 1 aromatic heterocycles. The van der Waals surface area contributed by atoms with Crippen LogP contribution in [0.5, 0.6) is 0 Å². The van der Waals surface area contributed by atoms with Crippen LogP contribution in [0.4, 0.5) is 10.1 Å². The predicted octanol–water partition coefficient (Wildman–Crippen LogP) is 2.98. The molecule has 0 unspecified atom stereocenters. The number of hydrogen-bond acceptors (Lipinski definition) is 2. The summed E-state index contributed by atoms with van der Waals surface area (Å²) in [7, 11) is 1.73. The molecular formula is C13H13FIN3O. The molecule has 4 nitrogen and oxygen atoms in total. The van der Waals surface area contributed by atoms with Gasteiger partial charge in [0.05, 0.1) is 11.4 Å². The van der Waals surface area contributed by atoms with E-state index in [4.69, 9.17) is 0 Å². The number of carbonyl (C=O) groups excluding carboxylic acids is 1. The maximum atomic E-state index is 13.0. The zero-order valence-electron chi connectivity index (χ0n) is 10.6. The zero-order valence-corrected chi connectivity index (χ0v) is 12.7. The van der Waals surface area contributed by atoms with Gasteiger partial charge in [0.1, 0.15) is 11.5 Å². The van der Waals surface area contributed by atoms with Crippen molar-refractivity contribution in [3.05, 3.63) is 45.0 Å². The average Bonchev–Trinajstić information content (AvgIpc) is 2.74. The normalized spacial score (nSPS) is 10.5. The highest BCUT2D eigenvalue weighted by atomic mass is 127. The van der Waals surface area contributed by atoms with Gasteiger partial charge in [-0.3, -0.25) is 9.48 Å². The maximum Gasteiger partial charge on any atom is 0.273 e. The number of rotatable bonds is 3. The first-order valence-electron chi connectivity index (χ1n) is 5.80. The van der Waals surface area contributed by atoms with Gasteiger partial charge in [0, 0.05) is 10.6 Å². The van der Waals surface area contributed by atoms with Gasteiger partial charge >= 0.3 is 0 Å². The molecule has 0 radical (unpaired) electrons. The smallest absolute Gasteiger partial charge is 0.273 e. The summed E-state index contributed by atoms with van der Waals surface area (Å²) in [4.78, 5) is 12.1. The number of anilines is 1. The number of nitrogens with one attached hydrogen (secondary N) is 1. The van der Waals surface area contributed by atoms with Crippen LogP contribution in [0.1, 0.15) is 23.1 Å². The number of amides is 1. The molecule has 0 aliphatic carbocycles. The Morgan fingerprint density at radius 1 is 1.47 bits per heavy atom. The molecular weight excluding hydrogens is 360 g/mol. The Morgan fingerprint density at radius 2 is 2.21 bits per heavy atom. The Bertz CT molecular complexity index is 624. The molecule has 1 amide bonds. The van der Waals surface area contributed by atoms with Crippen molar-refractivity contribution in [3.8, 4) is 0 Å². The predicted molar refractivity (Wildman–Crippen MR) is 79.7 cm³/mol. The summed E-state index contributed by atoms with van der Waals surface area (Å²) < 4.78 is 15.2. The number of halogens is 2. The van der Waals surface area contributed by atoms with Crippen LogP contribution in [0.25, 0.3) is 0 Å². The quantitative estimate of drug-likeness (QED) is 0.841. The Morgan fingerprint density at radius 3 is 2.79 bits per heavy atom. The van der Waals surface area contributed by atoms with Crippen molar-refractivity contribution >= 4 is 34.2 Å². The van der Waals surface area contributed by atoms with Gasteiger partial charge in [-0.25, -0.2) is 4.39 Å². The van der Waals surface area contributed by atoms with Crippen molar-refractivity contribution in [3.63, 3.8) is 0 Å². The topological polar surface area (TPSA) is 46.9 Å². The third-order valence-electron chi connectivity index (χ3n) is 2.70. The van der Waals surface area contributed by atoms with E-state index in [-0.39, 0.29) is 11.7 Å². The Balaban J connectivity index is 2.23. The average molecular weight is 373 g/mol. The van der Waals surface area contributed by atoms with Crippen LogP contribution in [-0.2, 0) is 13.5 Å². The first kappa shape index (κ1) is 14.0. The molecule has 0 atom stereocenters. The highest BCUT2D eigenvalue weighted by molar-refractivity contribution is 14.1. The van der Waals surface area contributed by atoms with Crippen molar-refractivity contribution in [1.29, 1.82) is 0 Å². The van der Waals surface area contributed by atoms with E-state index in [0.29, 0.717) is 15.0 Å². The van der Waals surface area contributed by atoms with E-state index < -0.39 is 0 Å². The van der Waals surface area contributed by atoms with Gasteiger partial charge in [-0.05, 0) is 53.3 Å². The number of aryl methyl sites for hydroxylation is 2. The van der Waals surface area contributed by atoms with Gasteiger partial charge in [-0.1, -0.05) is 6.92 Å². The van der Waals surface area contributed by atoms with Crippen molar-refractivity contribution in [2.45, 2.75) is 13.3 Å². The lowest BCUT2D eigenvalue weighted by atomic mass is 10.2. The Kier molecular flexibility index (Phi) is 4.18. The monoisotopic (exact) mass is 373 g/mol. The lowest BCUT2D eigenvalue weighted by Gasteiger charge is -2.07. The number of carbonyl (C=O) groups is 1. The van der Waals surface area contributed by atoms with E-state index in [9.17, 15) is 9.18 Å². The third kappa shape index (κ3) is 3.12. The molecule has 2 rings (SSSR count). The minimum absolute atomic E-state index is 0.251. The molecule has 2 aromatic rings. The molecule has 1 heterocycles. The number of nitrogens with zero attached hydrogens (tertiary/aromatic N) is 2. The van der Waals surface area contributed by atoms with E-state index in [2.05, 4.69) is 10.4 Å². The molecule has 19 heavy (non-hydrogen) atoms. The van der Waals surface area contributed by atoms with E-state index in [0.717, 1.165) is 12.1 Å². The van der Waals surface area contributed by atoms with Crippen LogP contribution < -0.4 is 5.32 Å².